The highest BCUT2D eigenvalue weighted by molar-refractivity contribution is 7.99. The monoisotopic (exact) mass is 387 g/mol. The fourth-order valence-electron chi connectivity index (χ4n) is 2.67. The summed E-state index contributed by atoms with van der Waals surface area (Å²) in [5, 5.41) is 4.00. The van der Waals surface area contributed by atoms with Crippen molar-refractivity contribution in [3.63, 3.8) is 0 Å². The maximum atomic E-state index is 12.7. The highest BCUT2D eigenvalue weighted by Gasteiger charge is 2.17. The first-order chi connectivity index (χ1) is 12.5. The van der Waals surface area contributed by atoms with E-state index in [0.29, 0.717) is 15.4 Å². The van der Waals surface area contributed by atoms with Crippen molar-refractivity contribution >= 4 is 39.2 Å². The average molecular weight is 388 g/mol. The normalized spacial score (nSPS) is 12.3. The second-order valence-corrected chi connectivity index (χ2v) is 8.28. The number of carbonyl (C=O) groups is 1. The molecule has 2 N–H and O–H groups in total. The van der Waals surface area contributed by atoms with Gasteiger partial charge in [-0.15, -0.1) is 11.3 Å². The first kappa shape index (κ1) is 18.7. The molecule has 1 aromatic carbocycles. The topological polar surface area (TPSA) is 74.8 Å². The van der Waals surface area contributed by atoms with Crippen molar-refractivity contribution in [3.05, 3.63) is 45.6 Å². The molecule has 0 saturated carbocycles. The predicted molar refractivity (Wildman–Crippen MR) is 109 cm³/mol. The third kappa shape index (κ3) is 3.99. The van der Waals surface area contributed by atoms with Crippen LogP contribution < -0.4 is 10.9 Å². The Kier molecular flexibility index (Phi) is 5.78. The van der Waals surface area contributed by atoms with E-state index in [2.05, 4.69) is 15.3 Å². The number of aromatic nitrogens is 2. The number of hydrogen-bond acceptors (Lipinski definition) is 5. The smallest absolute Gasteiger partial charge is 0.260 e. The Bertz CT molecular complexity index is 980. The van der Waals surface area contributed by atoms with E-state index in [1.54, 1.807) is 0 Å². The summed E-state index contributed by atoms with van der Waals surface area (Å²) in [5.74, 6) is 0.175. The van der Waals surface area contributed by atoms with Gasteiger partial charge in [0.15, 0.2) is 5.16 Å². The van der Waals surface area contributed by atoms with Gasteiger partial charge in [-0.1, -0.05) is 49.0 Å². The van der Waals surface area contributed by atoms with Crippen LogP contribution in [0.3, 0.4) is 0 Å². The number of H-pyrrole nitrogens is 1. The van der Waals surface area contributed by atoms with Crippen LogP contribution in [0.1, 0.15) is 25.1 Å². The van der Waals surface area contributed by atoms with Crippen LogP contribution in [0.4, 0.5) is 0 Å². The number of benzene rings is 1. The van der Waals surface area contributed by atoms with E-state index in [-0.39, 0.29) is 23.3 Å². The number of nitrogens with one attached hydrogen (secondary N) is 2. The Morgan fingerprint density at radius 2 is 2.08 bits per heavy atom. The number of aromatic amines is 1. The number of amides is 1. The van der Waals surface area contributed by atoms with Gasteiger partial charge in [-0.05, 0) is 25.8 Å². The van der Waals surface area contributed by atoms with Crippen LogP contribution in [0.5, 0.6) is 0 Å². The standard InChI is InChI=1S/C19H21N3O2S2/c1-4-11(2)20-14(23)10-25-19-21-17(24)16-15(12(3)26-18(16)22-19)13-8-6-5-7-9-13/h5-9,11H,4,10H2,1-3H3,(H,20,23)(H,21,22,24)/t11-/m0/s1. The van der Waals surface area contributed by atoms with Crippen molar-refractivity contribution in [1.29, 1.82) is 0 Å². The zero-order valence-electron chi connectivity index (χ0n) is 15.0. The molecule has 1 atom stereocenters. The molecule has 2 heterocycles. The van der Waals surface area contributed by atoms with E-state index in [1.807, 2.05) is 51.1 Å². The van der Waals surface area contributed by atoms with E-state index in [1.165, 1.54) is 23.1 Å². The lowest BCUT2D eigenvalue weighted by Crippen LogP contribution is -2.33. The molecule has 136 valence electrons. The summed E-state index contributed by atoms with van der Waals surface area (Å²) in [6.07, 6.45) is 0.883. The summed E-state index contributed by atoms with van der Waals surface area (Å²) in [7, 11) is 0. The third-order valence-electron chi connectivity index (χ3n) is 4.14. The number of thiophene rings is 1. The summed E-state index contributed by atoms with van der Waals surface area (Å²) in [6, 6.07) is 10.0. The van der Waals surface area contributed by atoms with Crippen molar-refractivity contribution < 1.29 is 4.79 Å². The Hall–Kier alpha value is -2.12. The van der Waals surface area contributed by atoms with Crippen molar-refractivity contribution in [2.75, 3.05) is 5.75 Å². The summed E-state index contributed by atoms with van der Waals surface area (Å²) in [5.41, 5.74) is 1.78. The minimum absolute atomic E-state index is 0.0561. The number of fused-ring (bicyclic) bond motifs is 1. The summed E-state index contributed by atoms with van der Waals surface area (Å²) in [6.45, 7) is 5.99. The van der Waals surface area contributed by atoms with E-state index in [0.717, 1.165) is 22.4 Å². The van der Waals surface area contributed by atoms with Gasteiger partial charge < -0.3 is 10.3 Å². The molecular formula is C19H21N3O2S2. The SMILES string of the molecule is CC[C@H](C)NC(=O)CSc1nc2sc(C)c(-c3ccccc3)c2c(=O)[nH]1. The van der Waals surface area contributed by atoms with Gasteiger partial charge in [-0.2, -0.15) is 0 Å². The van der Waals surface area contributed by atoms with Crippen molar-refractivity contribution in [2.45, 2.75) is 38.4 Å². The molecule has 26 heavy (non-hydrogen) atoms. The number of carbonyl (C=O) groups excluding carboxylic acids is 1. The molecule has 0 aliphatic rings. The first-order valence-corrected chi connectivity index (χ1v) is 10.3. The van der Waals surface area contributed by atoms with Crippen molar-refractivity contribution in [3.8, 4) is 11.1 Å². The van der Waals surface area contributed by atoms with Crippen LogP contribution in [-0.4, -0.2) is 27.7 Å². The molecule has 0 saturated heterocycles. The van der Waals surface area contributed by atoms with Crippen LogP contribution >= 0.6 is 23.1 Å². The predicted octanol–water partition coefficient (Wildman–Crippen LogP) is 3.97. The Labute approximate surface area is 160 Å². The number of nitrogens with zero attached hydrogens (tertiary/aromatic N) is 1. The second-order valence-electron chi connectivity index (χ2n) is 6.12. The molecular weight excluding hydrogens is 366 g/mol. The lowest BCUT2D eigenvalue weighted by atomic mass is 10.0. The molecule has 0 radical (unpaired) electrons. The van der Waals surface area contributed by atoms with Crippen molar-refractivity contribution in [2.24, 2.45) is 0 Å². The average Bonchev–Trinajstić information content (AvgIpc) is 2.97. The molecule has 2 aromatic heterocycles. The van der Waals surface area contributed by atoms with Gasteiger partial charge in [0.05, 0.1) is 11.1 Å². The number of thioether (sulfide) groups is 1. The van der Waals surface area contributed by atoms with Crippen LogP contribution in [0.25, 0.3) is 21.3 Å². The minimum Gasteiger partial charge on any atom is -0.353 e. The maximum Gasteiger partial charge on any atom is 0.260 e. The molecule has 3 aromatic rings. The molecule has 0 spiro atoms. The molecule has 7 heteroatoms. The van der Waals surface area contributed by atoms with Gasteiger partial charge in [-0.3, -0.25) is 9.59 Å². The van der Waals surface area contributed by atoms with Crippen molar-refractivity contribution in [1.82, 2.24) is 15.3 Å². The maximum absolute atomic E-state index is 12.7. The molecule has 0 bridgehead atoms. The van der Waals surface area contributed by atoms with E-state index >= 15 is 0 Å². The van der Waals surface area contributed by atoms with Crippen LogP contribution in [0.2, 0.25) is 0 Å². The van der Waals surface area contributed by atoms with Gasteiger partial charge >= 0.3 is 0 Å². The molecule has 0 aliphatic carbocycles. The fourth-order valence-corrected chi connectivity index (χ4v) is 4.45. The zero-order chi connectivity index (χ0) is 18.7. The quantitative estimate of drug-likeness (QED) is 0.496. The van der Waals surface area contributed by atoms with E-state index < -0.39 is 0 Å². The molecule has 1 amide bonds. The van der Waals surface area contributed by atoms with Crippen LogP contribution in [-0.2, 0) is 4.79 Å². The third-order valence-corrected chi connectivity index (χ3v) is 6.01. The molecule has 0 aliphatic heterocycles. The first-order valence-electron chi connectivity index (χ1n) is 8.50. The zero-order valence-corrected chi connectivity index (χ0v) is 16.6. The molecule has 5 nitrogen and oxygen atoms in total. The largest absolute Gasteiger partial charge is 0.353 e. The second kappa shape index (κ2) is 8.05. The summed E-state index contributed by atoms with van der Waals surface area (Å²) >= 11 is 2.75. The van der Waals surface area contributed by atoms with E-state index in [9.17, 15) is 9.59 Å². The van der Waals surface area contributed by atoms with Gasteiger partial charge in [0.25, 0.3) is 5.56 Å². The molecule has 0 fully saturated rings. The van der Waals surface area contributed by atoms with Gasteiger partial charge in [-0.25, -0.2) is 4.98 Å². The molecule has 3 rings (SSSR count). The summed E-state index contributed by atoms with van der Waals surface area (Å²) < 4.78 is 0. The lowest BCUT2D eigenvalue weighted by molar-refractivity contribution is -0.119. The Morgan fingerprint density at radius 1 is 1.35 bits per heavy atom. The molecule has 0 unspecified atom stereocenters. The highest BCUT2D eigenvalue weighted by atomic mass is 32.2. The number of hydrogen-bond donors (Lipinski definition) is 2. The van der Waals surface area contributed by atoms with Crippen LogP contribution in [0.15, 0.2) is 40.3 Å². The van der Waals surface area contributed by atoms with Gasteiger partial charge in [0, 0.05) is 16.5 Å². The van der Waals surface area contributed by atoms with Gasteiger partial charge in [0.2, 0.25) is 5.91 Å². The highest BCUT2D eigenvalue weighted by Crippen LogP contribution is 2.35. The van der Waals surface area contributed by atoms with E-state index in [4.69, 9.17) is 0 Å². The Morgan fingerprint density at radius 3 is 2.77 bits per heavy atom. The van der Waals surface area contributed by atoms with Gasteiger partial charge in [0.1, 0.15) is 4.83 Å². The van der Waals surface area contributed by atoms with Crippen LogP contribution in [0, 0.1) is 6.92 Å². The Balaban J connectivity index is 1.88. The number of rotatable bonds is 6. The summed E-state index contributed by atoms with van der Waals surface area (Å²) in [4.78, 5) is 33.7. The fraction of sp³-hybridized carbons (Fsp3) is 0.316. The lowest BCUT2D eigenvalue weighted by Gasteiger charge is -2.10. The number of aryl methyl sites for hydroxylation is 1. The minimum atomic E-state index is -0.164.